The third-order valence-corrected chi connectivity index (χ3v) is 2.80. The molecule has 0 atom stereocenters. The number of hydrogen-bond donors (Lipinski definition) is 1. The maximum atomic E-state index is 11.4. The standard InChI is InChI=1S/C10H16N4O/c1-2-10(15)9-7-14(13-12-9)8-3-5-11-6-4-8/h7-8,11H,2-6H2,1H3. The summed E-state index contributed by atoms with van der Waals surface area (Å²) in [6.45, 7) is 3.87. The average Bonchev–Trinajstić information content (AvgIpc) is 2.78. The molecule has 1 saturated heterocycles. The first-order valence-electron chi connectivity index (χ1n) is 5.47. The Bertz CT molecular complexity index is 341. The van der Waals surface area contributed by atoms with Gasteiger partial charge in [0.05, 0.1) is 12.2 Å². The maximum Gasteiger partial charge on any atom is 0.184 e. The van der Waals surface area contributed by atoms with Crippen LogP contribution in [0.5, 0.6) is 0 Å². The molecule has 1 aromatic heterocycles. The van der Waals surface area contributed by atoms with Gasteiger partial charge in [0, 0.05) is 6.42 Å². The van der Waals surface area contributed by atoms with Crippen LogP contribution in [0.3, 0.4) is 0 Å². The number of carbonyl (C=O) groups is 1. The topological polar surface area (TPSA) is 59.8 Å². The summed E-state index contributed by atoms with van der Waals surface area (Å²) in [6, 6.07) is 0.400. The fraction of sp³-hybridized carbons (Fsp3) is 0.700. The number of hydrogen-bond acceptors (Lipinski definition) is 4. The van der Waals surface area contributed by atoms with Gasteiger partial charge in [0.1, 0.15) is 5.69 Å². The molecule has 0 radical (unpaired) electrons. The van der Waals surface area contributed by atoms with Crippen molar-refractivity contribution in [1.29, 1.82) is 0 Å². The molecule has 0 bridgehead atoms. The molecule has 5 nitrogen and oxygen atoms in total. The number of rotatable bonds is 3. The molecular formula is C10H16N4O. The van der Waals surface area contributed by atoms with E-state index >= 15 is 0 Å². The summed E-state index contributed by atoms with van der Waals surface area (Å²) >= 11 is 0. The van der Waals surface area contributed by atoms with Crippen molar-refractivity contribution in [3.8, 4) is 0 Å². The molecular weight excluding hydrogens is 192 g/mol. The molecule has 0 saturated carbocycles. The summed E-state index contributed by atoms with van der Waals surface area (Å²) < 4.78 is 1.84. The van der Waals surface area contributed by atoms with Gasteiger partial charge < -0.3 is 5.32 Å². The van der Waals surface area contributed by atoms with Crippen molar-refractivity contribution < 1.29 is 4.79 Å². The molecule has 0 aromatic carbocycles. The van der Waals surface area contributed by atoms with E-state index in [0.29, 0.717) is 18.2 Å². The highest BCUT2D eigenvalue weighted by Crippen LogP contribution is 2.17. The lowest BCUT2D eigenvalue weighted by atomic mass is 10.1. The lowest BCUT2D eigenvalue weighted by Crippen LogP contribution is -2.29. The molecule has 0 unspecified atom stereocenters. The Morgan fingerprint density at radius 1 is 1.60 bits per heavy atom. The fourth-order valence-electron chi connectivity index (χ4n) is 1.84. The molecule has 0 spiro atoms. The highest BCUT2D eigenvalue weighted by Gasteiger charge is 2.17. The van der Waals surface area contributed by atoms with Gasteiger partial charge >= 0.3 is 0 Å². The minimum Gasteiger partial charge on any atom is -0.317 e. The molecule has 0 amide bonds. The summed E-state index contributed by atoms with van der Waals surface area (Å²) in [4.78, 5) is 11.4. The lowest BCUT2D eigenvalue weighted by Gasteiger charge is -2.21. The molecule has 2 heterocycles. The van der Waals surface area contributed by atoms with Crippen LogP contribution in [0.1, 0.15) is 42.7 Å². The maximum absolute atomic E-state index is 11.4. The van der Waals surface area contributed by atoms with Crippen LogP contribution < -0.4 is 5.32 Å². The summed E-state index contributed by atoms with van der Waals surface area (Å²) in [5, 5.41) is 11.2. The highest BCUT2D eigenvalue weighted by atomic mass is 16.1. The van der Waals surface area contributed by atoms with Gasteiger partial charge in [-0.05, 0) is 25.9 Å². The SMILES string of the molecule is CCC(=O)c1cn(C2CCNCC2)nn1. The van der Waals surface area contributed by atoms with Crippen LogP contribution in [0, 0.1) is 0 Å². The van der Waals surface area contributed by atoms with Crippen LogP contribution >= 0.6 is 0 Å². The predicted molar refractivity (Wildman–Crippen MR) is 55.8 cm³/mol. The van der Waals surface area contributed by atoms with Crippen molar-refractivity contribution in [3.63, 3.8) is 0 Å². The number of ketones is 1. The van der Waals surface area contributed by atoms with Crippen molar-refractivity contribution in [2.45, 2.75) is 32.2 Å². The molecule has 0 aliphatic carbocycles. The van der Waals surface area contributed by atoms with Gasteiger partial charge in [-0.2, -0.15) is 0 Å². The average molecular weight is 208 g/mol. The number of piperidine rings is 1. The first kappa shape index (κ1) is 10.3. The molecule has 1 aliphatic heterocycles. The third-order valence-electron chi connectivity index (χ3n) is 2.80. The first-order chi connectivity index (χ1) is 7.31. The van der Waals surface area contributed by atoms with Gasteiger partial charge in [-0.1, -0.05) is 12.1 Å². The molecule has 5 heteroatoms. The van der Waals surface area contributed by atoms with Crippen LogP contribution in [-0.4, -0.2) is 33.9 Å². The quantitative estimate of drug-likeness (QED) is 0.746. The smallest absolute Gasteiger partial charge is 0.184 e. The molecule has 2 rings (SSSR count). The highest BCUT2D eigenvalue weighted by molar-refractivity contribution is 5.93. The van der Waals surface area contributed by atoms with E-state index in [1.807, 2.05) is 11.6 Å². The van der Waals surface area contributed by atoms with E-state index in [1.165, 1.54) is 0 Å². The van der Waals surface area contributed by atoms with Crippen LogP contribution in [0.2, 0.25) is 0 Å². The Labute approximate surface area is 88.9 Å². The molecule has 82 valence electrons. The van der Waals surface area contributed by atoms with E-state index in [-0.39, 0.29) is 5.78 Å². The molecule has 1 N–H and O–H groups in total. The zero-order valence-electron chi connectivity index (χ0n) is 8.94. The Morgan fingerprint density at radius 3 is 3.00 bits per heavy atom. The minimum atomic E-state index is 0.0650. The van der Waals surface area contributed by atoms with Crippen LogP contribution in [0.15, 0.2) is 6.20 Å². The first-order valence-corrected chi connectivity index (χ1v) is 5.47. The van der Waals surface area contributed by atoms with Crippen molar-refractivity contribution in [1.82, 2.24) is 20.3 Å². The minimum absolute atomic E-state index is 0.0650. The second-order valence-electron chi connectivity index (χ2n) is 3.84. The van der Waals surface area contributed by atoms with E-state index in [0.717, 1.165) is 25.9 Å². The Morgan fingerprint density at radius 2 is 2.33 bits per heavy atom. The zero-order chi connectivity index (χ0) is 10.7. The molecule has 1 aliphatic rings. The van der Waals surface area contributed by atoms with Crippen molar-refractivity contribution in [3.05, 3.63) is 11.9 Å². The lowest BCUT2D eigenvalue weighted by molar-refractivity contribution is 0.0983. The van der Waals surface area contributed by atoms with Crippen molar-refractivity contribution in [2.24, 2.45) is 0 Å². The number of carbonyl (C=O) groups excluding carboxylic acids is 1. The predicted octanol–water partition coefficient (Wildman–Crippen LogP) is 0.795. The Balaban J connectivity index is 2.08. The number of nitrogens with zero attached hydrogens (tertiary/aromatic N) is 3. The summed E-state index contributed by atoms with van der Waals surface area (Å²) in [7, 11) is 0. The fourth-order valence-corrected chi connectivity index (χ4v) is 1.84. The largest absolute Gasteiger partial charge is 0.317 e. The molecule has 1 fully saturated rings. The number of Topliss-reactive ketones (excluding diaryl/α,β-unsaturated/α-hetero) is 1. The van der Waals surface area contributed by atoms with Gasteiger partial charge in [-0.15, -0.1) is 5.10 Å². The zero-order valence-corrected chi connectivity index (χ0v) is 8.94. The van der Waals surface area contributed by atoms with Crippen LogP contribution in [0.4, 0.5) is 0 Å². The van der Waals surface area contributed by atoms with E-state index in [2.05, 4.69) is 15.6 Å². The van der Waals surface area contributed by atoms with Gasteiger partial charge in [0.15, 0.2) is 5.78 Å². The van der Waals surface area contributed by atoms with E-state index in [4.69, 9.17) is 0 Å². The van der Waals surface area contributed by atoms with E-state index in [1.54, 1.807) is 6.20 Å². The molecule has 1 aromatic rings. The van der Waals surface area contributed by atoms with Gasteiger partial charge in [0.25, 0.3) is 0 Å². The van der Waals surface area contributed by atoms with Crippen molar-refractivity contribution >= 4 is 5.78 Å². The van der Waals surface area contributed by atoms with Crippen LogP contribution in [-0.2, 0) is 0 Å². The van der Waals surface area contributed by atoms with Crippen LogP contribution in [0.25, 0.3) is 0 Å². The Hall–Kier alpha value is -1.23. The van der Waals surface area contributed by atoms with E-state index in [9.17, 15) is 4.79 Å². The normalized spacial score (nSPS) is 17.9. The van der Waals surface area contributed by atoms with Gasteiger partial charge in [0.2, 0.25) is 0 Å². The monoisotopic (exact) mass is 208 g/mol. The summed E-state index contributed by atoms with van der Waals surface area (Å²) in [5.74, 6) is 0.0650. The summed E-state index contributed by atoms with van der Waals surface area (Å²) in [6.07, 6.45) is 4.39. The molecule has 15 heavy (non-hydrogen) atoms. The van der Waals surface area contributed by atoms with E-state index < -0.39 is 0 Å². The third kappa shape index (κ3) is 2.23. The number of aromatic nitrogens is 3. The van der Waals surface area contributed by atoms with Gasteiger partial charge in [-0.25, -0.2) is 4.68 Å². The van der Waals surface area contributed by atoms with Gasteiger partial charge in [-0.3, -0.25) is 4.79 Å². The Kier molecular flexibility index (Phi) is 3.11. The number of nitrogens with one attached hydrogen (secondary N) is 1. The summed E-state index contributed by atoms with van der Waals surface area (Å²) in [5.41, 5.74) is 0.496. The van der Waals surface area contributed by atoms with Crippen molar-refractivity contribution in [2.75, 3.05) is 13.1 Å². The second kappa shape index (κ2) is 4.53. The second-order valence-corrected chi connectivity index (χ2v) is 3.84.